The van der Waals surface area contributed by atoms with E-state index in [1.807, 2.05) is 31.2 Å². The molecule has 1 aromatic heterocycles. The van der Waals surface area contributed by atoms with Gasteiger partial charge in [0.25, 0.3) is 5.91 Å². The fourth-order valence-electron chi connectivity index (χ4n) is 2.10. The van der Waals surface area contributed by atoms with Crippen molar-refractivity contribution < 1.29 is 14.3 Å². The van der Waals surface area contributed by atoms with Crippen LogP contribution in [0.2, 0.25) is 0 Å². The summed E-state index contributed by atoms with van der Waals surface area (Å²) < 4.78 is 10.6. The first-order chi connectivity index (χ1) is 10.7. The number of aromatic nitrogens is 1. The van der Waals surface area contributed by atoms with E-state index < -0.39 is 0 Å². The molecule has 5 heteroatoms. The van der Waals surface area contributed by atoms with Gasteiger partial charge in [0.15, 0.2) is 0 Å². The van der Waals surface area contributed by atoms with Crippen LogP contribution in [0.4, 0.5) is 0 Å². The van der Waals surface area contributed by atoms with Gasteiger partial charge in [0.1, 0.15) is 5.75 Å². The molecule has 2 rings (SSSR count). The van der Waals surface area contributed by atoms with Crippen molar-refractivity contribution in [3.8, 4) is 5.75 Å². The smallest absolute Gasteiger partial charge is 0.251 e. The SMILES string of the molecule is CCOc1ccc([C@H](COC)NC(=O)c2ccncc2)cc1. The van der Waals surface area contributed by atoms with E-state index in [9.17, 15) is 4.79 Å². The molecule has 116 valence electrons. The number of amides is 1. The number of ether oxygens (including phenoxy) is 2. The molecule has 22 heavy (non-hydrogen) atoms. The number of benzene rings is 1. The molecular weight excluding hydrogens is 280 g/mol. The van der Waals surface area contributed by atoms with Gasteiger partial charge >= 0.3 is 0 Å². The Balaban J connectivity index is 2.10. The third-order valence-corrected chi connectivity index (χ3v) is 3.17. The highest BCUT2D eigenvalue weighted by atomic mass is 16.5. The standard InChI is InChI=1S/C17H20N2O3/c1-3-22-15-6-4-13(5-7-15)16(12-21-2)19-17(20)14-8-10-18-11-9-14/h4-11,16H,3,12H2,1-2H3,(H,19,20)/t16-/m0/s1. The van der Waals surface area contributed by atoms with Crippen molar-refractivity contribution in [3.63, 3.8) is 0 Å². The number of carbonyl (C=O) groups is 1. The summed E-state index contributed by atoms with van der Waals surface area (Å²) in [6.45, 7) is 2.96. The lowest BCUT2D eigenvalue weighted by Crippen LogP contribution is -2.31. The molecule has 0 bridgehead atoms. The summed E-state index contributed by atoms with van der Waals surface area (Å²) in [5, 5.41) is 2.97. The molecule has 0 radical (unpaired) electrons. The second-order valence-electron chi connectivity index (χ2n) is 4.72. The summed E-state index contributed by atoms with van der Waals surface area (Å²) in [5.74, 6) is 0.654. The molecule has 2 aromatic rings. The monoisotopic (exact) mass is 300 g/mol. The first kappa shape index (κ1) is 16.0. The highest BCUT2D eigenvalue weighted by molar-refractivity contribution is 5.94. The van der Waals surface area contributed by atoms with Crippen molar-refractivity contribution >= 4 is 5.91 Å². The first-order valence-electron chi connectivity index (χ1n) is 7.17. The minimum absolute atomic E-state index is 0.154. The van der Waals surface area contributed by atoms with E-state index in [-0.39, 0.29) is 11.9 Å². The van der Waals surface area contributed by atoms with Crippen LogP contribution in [0, 0.1) is 0 Å². The van der Waals surface area contributed by atoms with E-state index in [1.54, 1.807) is 31.6 Å². The van der Waals surface area contributed by atoms with Gasteiger partial charge in [-0.2, -0.15) is 0 Å². The Hall–Kier alpha value is -2.40. The molecule has 0 saturated heterocycles. The quantitative estimate of drug-likeness (QED) is 0.854. The maximum absolute atomic E-state index is 12.3. The van der Waals surface area contributed by atoms with Crippen LogP contribution < -0.4 is 10.1 Å². The van der Waals surface area contributed by atoms with Crippen LogP contribution in [0.25, 0.3) is 0 Å². The van der Waals surface area contributed by atoms with Crippen LogP contribution >= 0.6 is 0 Å². The van der Waals surface area contributed by atoms with Gasteiger partial charge in [-0.05, 0) is 36.8 Å². The van der Waals surface area contributed by atoms with Crippen molar-refractivity contribution in [1.82, 2.24) is 10.3 Å². The molecule has 0 saturated carbocycles. The Labute approximate surface area is 130 Å². The Morgan fingerprint density at radius 3 is 2.45 bits per heavy atom. The van der Waals surface area contributed by atoms with Crippen LogP contribution in [0.15, 0.2) is 48.8 Å². The van der Waals surface area contributed by atoms with Crippen molar-refractivity contribution in [2.75, 3.05) is 20.3 Å². The molecule has 1 amide bonds. The minimum Gasteiger partial charge on any atom is -0.494 e. The highest BCUT2D eigenvalue weighted by Gasteiger charge is 2.15. The molecule has 0 aliphatic heterocycles. The molecule has 1 N–H and O–H groups in total. The molecule has 5 nitrogen and oxygen atoms in total. The molecule has 0 spiro atoms. The second-order valence-corrected chi connectivity index (χ2v) is 4.72. The Morgan fingerprint density at radius 1 is 1.18 bits per heavy atom. The average Bonchev–Trinajstić information content (AvgIpc) is 2.56. The zero-order valence-electron chi connectivity index (χ0n) is 12.8. The van der Waals surface area contributed by atoms with E-state index in [0.29, 0.717) is 18.8 Å². The molecule has 1 atom stereocenters. The van der Waals surface area contributed by atoms with Gasteiger partial charge in [0.05, 0.1) is 19.3 Å². The molecule has 0 unspecified atom stereocenters. The van der Waals surface area contributed by atoms with E-state index in [1.165, 1.54) is 0 Å². The Kier molecular flexibility index (Phi) is 5.91. The number of rotatable bonds is 7. The predicted octanol–water partition coefficient (Wildman–Crippen LogP) is 2.60. The van der Waals surface area contributed by atoms with E-state index >= 15 is 0 Å². The maximum Gasteiger partial charge on any atom is 0.251 e. The third-order valence-electron chi connectivity index (χ3n) is 3.17. The van der Waals surface area contributed by atoms with E-state index in [0.717, 1.165) is 11.3 Å². The zero-order chi connectivity index (χ0) is 15.8. The lowest BCUT2D eigenvalue weighted by atomic mass is 10.1. The number of methoxy groups -OCH3 is 1. The van der Waals surface area contributed by atoms with Gasteiger partial charge in [-0.25, -0.2) is 0 Å². The summed E-state index contributed by atoms with van der Waals surface area (Å²) in [6, 6.07) is 10.8. The number of hydrogen-bond donors (Lipinski definition) is 1. The van der Waals surface area contributed by atoms with Crippen LogP contribution in [0.1, 0.15) is 28.9 Å². The van der Waals surface area contributed by atoms with Crippen molar-refractivity contribution in [3.05, 3.63) is 59.9 Å². The number of nitrogens with one attached hydrogen (secondary N) is 1. The summed E-state index contributed by atoms with van der Waals surface area (Å²) in [6.07, 6.45) is 3.19. The van der Waals surface area contributed by atoms with Crippen molar-refractivity contribution in [2.24, 2.45) is 0 Å². The minimum atomic E-state index is -0.221. The molecule has 0 aliphatic carbocycles. The first-order valence-corrected chi connectivity index (χ1v) is 7.17. The summed E-state index contributed by atoms with van der Waals surface area (Å²) >= 11 is 0. The highest BCUT2D eigenvalue weighted by Crippen LogP contribution is 2.19. The zero-order valence-corrected chi connectivity index (χ0v) is 12.8. The fraction of sp³-hybridized carbons (Fsp3) is 0.294. The fourth-order valence-corrected chi connectivity index (χ4v) is 2.10. The van der Waals surface area contributed by atoms with E-state index in [2.05, 4.69) is 10.3 Å². The molecule has 1 heterocycles. The van der Waals surface area contributed by atoms with Gasteiger partial charge in [-0.3, -0.25) is 9.78 Å². The van der Waals surface area contributed by atoms with Gasteiger partial charge in [0.2, 0.25) is 0 Å². The van der Waals surface area contributed by atoms with Gasteiger partial charge < -0.3 is 14.8 Å². The lowest BCUT2D eigenvalue weighted by molar-refractivity contribution is 0.0896. The number of nitrogens with zero attached hydrogens (tertiary/aromatic N) is 1. The van der Waals surface area contributed by atoms with Gasteiger partial charge in [0, 0.05) is 25.1 Å². The Morgan fingerprint density at radius 2 is 1.86 bits per heavy atom. The maximum atomic E-state index is 12.3. The summed E-state index contributed by atoms with van der Waals surface area (Å²) in [4.78, 5) is 16.2. The van der Waals surface area contributed by atoms with Crippen LogP contribution in [0.5, 0.6) is 5.75 Å². The largest absolute Gasteiger partial charge is 0.494 e. The molecule has 0 fully saturated rings. The van der Waals surface area contributed by atoms with Crippen molar-refractivity contribution in [2.45, 2.75) is 13.0 Å². The lowest BCUT2D eigenvalue weighted by Gasteiger charge is -2.19. The topological polar surface area (TPSA) is 60.5 Å². The summed E-state index contributed by atoms with van der Waals surface area (Å²) in [7, 11) is 1.61. The predicted molar refractivity (Wildman–Crippen MR) is 83.9 cm³/mol. The van der Waals surface area contributed by atoms with Crippen molar-refractivity contribution in [1.29, 1.82) is 0 Å². The summed E-state index contributed by atoms with van der Waals surface area (Å²) in [5.41, 5.74) is 1.54. The molecular formula is C17H20N2O3. The van der Waals surface area contributed by atoms with Gasteiger partial charge in [-0.15, -0.1) is 0 Å². The van der Waals surface area contributed by atoms with Crippen LogP contribution in [-0.2, 0) is 4.74 Å². The number of hydrogen-bond acceptors (Lipinski definition) is 4. The molecule has 1 aromatic carbocycles. The Bertz CT molecular complexity index is 585. The van der Waals surface area contributed by atoms with Gasteiger partial charge in [-0.1, -0.05) is 12.1 Å². The number of pyridine rings is 1. The van der Waals surface area contributed by atoms with Crippen LogP contribution in [-0.4, -0.2) is 31.2 Å². The normalized spacial score (nSPS) is 11.7. The second kappa shape index (κ2) is 8.14. The average molecular weight is 300 g/mol. The van der Waals surface area contributed by atoms with E-state index in [4.69, 9.17) is 9.47 Å². The molecule has 0 aliphatic rings. The third kappa shape index (κ3) is 4.30. The number of carbonyl (C=O) groups excluding carboxylic acids is 1. The van der Waals surface area contributed by atoms with Crippen LogP contribution in [0.3, 0.4) is 0 Å².